The van der Waals surface area contributed by atoms with Crippen LogP contribution in [0.25, 0.3) is 0 Å². The molecular formula is C17H29ClN2O. The summed E-state index contributed by atoms with van der Waals surface area (Å²) in [6.45, 7) is 13.3. The summed E-state index contributed by atoms with van der Waals surface area (Å²) < 4.78 is 0. The van der Waals surface area contributed by atoms with Crippen molar-refractivity contribution in [2.75, 3.05) is 24.5 Å². The molecule has 0 atom stereocenters. The fourth-order valence-electron chi connectivity index (χ4n) is 2.34. The third-order valence-electron chi connectivity index (χ3n) is 3.25. The van der Waals surface area contributed by atoms with Crippen LogP contribution in [0.15, 0.2) is 18.2 Å². The lowest BCUT2D eigenvalue weighted by molar-refractivity contribution is 0.0875. The summed E-state index contributed by atoms with van der Waals surface area (Å²) in [5.41, 5.74) is 1.47. The highest BCUT2D eigenvalue weighted by molar-refractivity contribution is 6.31. The standard InChI is InChI=1S/C17H29ClN2O/c1-6-20(12-17(4,5)21)16-9-7-8-15(18)14(16)11-19-10-13(2)3/h7-9,13,19,21H,6,10-12H2,1-5H3. The Morgan fingerprint density at radius 3 is 2.52 bits per heavy atom. The van der Waals surface area contributed by atoms with Gasteiger partial charge in [-0.2, -0.15) is 0 Å². The fraction of sp³-hybridized carbons (Fsp3) is 0.647. The summed E-state index contributed by atoms with van der Waals surface area (Å²) in [6.07, 6.45) is 0. The maximum absolute atomic E-state index is 10.1. The largest absolute Gasteiger partial charge is 0.389 e. The summed E-state index contributed by atoms with van der Waals surface area (Å²) in [7, 11) is 0. The van der Waals surface area contributed by atoms with Crippen LogP contribution in [0.1, 0.15) is 40.2 Å². The molecule has 2 N–H and O–H groups in total. The van der Waals surface area contributed by atoms with E-state index in [4.69, 9.17) is 11.6 Å². The van der Waals surface area contributed by atoms with Gasteiger partial charge in [0, 0.05) is 35.9 Å². The second-order valence-electron chi connectivity index (χ2n) is 6.59. The van der Waals surface area contributed by atoms with E-state index in [1.54, 1.807) is 0 Å². The van der Waals surface area contributed by atoms with Crippen molar-refractivity contribution in [3.05, 3.63) is 28.8 Å². The lowest BCUT2D eigenvalue weighted by Crippen LogP contribution is -2.39. The number of hydrogen-bond acceptors (Lipinski definition) is 3. The van der Waals surface area contributed by atoms with Crippen LogP contribution in [-0.4, -0.2) is 30.3 Å². The monoisotopic (exact) mass is 312 g/mol. The van der Waals surface area contributed by atoms with Gasteiger partial charge in [0.1, 0.15) is 0 Å². The van der Waals surface area contributed by atoms with Gasteiger partial charge in [-0.25, -0.2) is 0 Å². The average Bonchev–Trinajstić information content (AvgIpc) is 2.36. The second kappa shape index (κ2) is 8.02. The van der Waals surface area contributed by atoms with Gasteiger partial charge in [-0.05, 0) is 45.4 Å². The zero-order valence-electron chi connectivity index (χ0n) is 13.9. The first-order chi connectivity index (χ1) is 9.74. The van der Waals surface area contributed by atoms with Crippen LogP contribution in [0.2, 0.25) is 5.02 Å². The van der Waals surface area contributed by atoms with Crippen molar-refractivity contribution in [3.63, 3.8) is 0 Å². The van der Waals surface area contributed by atoms with Crippen molar-refractivity contribution in [2.45, 2.75) is 46.8 Å². The minimum atomic E-state index is -0.735. The van der Waals surface area contributed by atoms with Gasteiger partial charge < -0.3 is 15.3 Å². The molecule has 0 aliphatic heterocycles. The Kier molecular flexibility index (Phi) is 6.98. The number of nitrogens with zero attached hydrogens (tertiary/aromatic N) is 1. The zero-order valence-corrected chi connectivity index (χ0v) is 14.7. The molecule has 3 nitrogen and oxygen atoms in total. The van der Waals surface area contributed by atoms with Crippen LogP contribution in [0.5, 0.6) is 0 Å². The molecule has 0 unspecified atom stereocenters. The Hall–Kier alpha value is -0.770. The molecule has 0 aromatic heterocycles. The Bertz CT molecular complexity index is 441. The van der Waals surface area contributed by atoms with Gasteiger partial charge in [0.05, 0.1) is 5.60 Å². The normalized spacial score (nSPS) is 12.0. The molecule has 1 aromatic rings. The molecule has 0 fully saturated rings. The highest BCUT2D eigenvalue weighted by Crippen LogP contribution is 2.28. The van der Waals surface area contributed by atoms with Crippen LogP contribution in [-0.2, 0) is 6.54 Å². The van der Waals surface area contributed by atoms with E-state index >= 15 is 0 Å². The fourth-order valence-corrected chi connectivity index (χ4v) is 2.58. The molecule has 120 valence electrons. The van der Waals surface area contributed by atoms with Gasteiger partial charge in [-0.15, -0.1) is 0 Å². The maximum atomic E-state index is 10.1. The number of halogens is 1. The molecule has 0 spiro atoms. The van der Waals surface area contributed by atoms with E-state index < -0.39 is 5.60 Å². The zero-order chi connectivity index (χ0) is 16.0. The number of anilines is 1. The van der Waals surface area contributed by atoms with E-state index in [0.29, 0.717) is 12.5 Å². The van der Waals surface area contributed by atoms with E-state index in [0.717, 1.165) is 35.9 Å². The minimum Gasteiger partial charge on any atom is -0.389 e. The van der Waals surface area contributed by atoms with E-state index in [1.807, 2.05) is 26.0 Å². The summed E-state index contributed by atoms with van der Waals surface area (Å²) in [5.74, 6) is 0.606. The number of likely N-dealkylation sites (N-methyl/N-ethyl adjacent to an activating group) is 1. The van der Waals surface area contributed by atoms with Crippen LogP contribution >= 0.6 is 11.6 Å². The number of benzene rings is 1. The van der Waals surface area contributed by atoms with E-state index in [-0.39, 0.29) is 0 Å². The van der Waals surface area contributed by atoms with Gasteiger partial charge >= 0.3 is 0 Å². The Morgan fingerprint density at radius 2 is 2.00 bits per heavy atom. The highest BCUT2D eigenvalue weighted by atomic mass is 35.5. The average molecular weight is 313 g/mol. The van der Waals surface area contributed by atoms with Gasteiger partial charge in [-0.1, -0.05) is 31.5 Å². The first-order valence-electron chi connectivity index (χ1n) is 7.70. The van der Waals surface area contributed by atoms with Crippen molar-refractivity contribution < 1.29 is 5.11 Å². The number of aliphatic hydroxyl groups is 1. The molecule has 0 amide bonds. The van der Waals surface area contributed by atoms with E-state index in [1.165, 1.54) is 0 Å². The Morgan fingerprint density at radius 1 is 1.33 bits per heavy atom. The molecule has 0 saturated carbocycles. The van der Waals surface area contributed by atoms with E-state index in [2.05, 4.69) is 37.1 Å². The van der Waals surface area contributed by atoms with Crippen molar-refractivity contribution in [1.29, 1.82) is 0 Å². The summed E-state index contributed by atoms with van der Waals surface area (Å²) in [5, 5.41) is 14.3. The van der Waals surface area contributed by atoms with Crippen LogP contribution in [0.4, 0.5) is 5.69 Å². The molecule has 0 bridgehead atoms. The highest BCUT2D eigenvalue weighted by Gasteiger charge is 2.20. The molecule has 21 heavy (non-hydrogen) atoms. The lowest BCUT2D eigenvalue weighted by atomic mass is 10.1. The molecule has 1 aromatic carbocycles. The summed E-state index contributed by atoms with van der Waals surface area (Å²) in [4.78, 5) is 2.18. The summed E-state index contributed by atoms with van der Waals surface area (Å²) >= 11 is 6.39. The molecule has 0 aliphatic rings. The second-order valence-corrected chi connectivity index (χ2v) is 7.00. The quantitative estimate of drug-likeness (QED) is 0.768. The lowest BCUT2D eigenvalue weighted by Gasteiger charge is -2.32. The van der Waals surface area contributed by atoms with E-state index in [9.17, 15) is 5.11 Å². The Labute approximate surface area is 134 Å². The molecule has 0 heterocycles. The van der Waals surface area contributed by atoms with Crippen LogP contribution < -0.4 is 10.2 Å². The maximum Gasteiger partial charge on any atom is 0.0765 e. The van der Waals surface area contributed by atoms with Crippen molar-refractivity contribution in [1.82, 2.24) is 5.32 Å². The first kappa shape index (κ1) is 18.3. The van der Waals surface area contributed by atoms with Gasteiger partial charge in [0.25, 0.3) is 0 Å². The SMILES string of the molecule is CCN(CC(C)(C)O)c1cccc(Cl)c1CNCC(C)C. The topological polar surface area (TPSA) is 35.5 Å². The van der Waals surface area contributed by atoms with Crippen molar-refractivity contribution >= 4 is 17.3 Å². The first-order valence-corrected chi connectivity index (χ1v) is 8.07. The molecular weight excluding hydrogens is 284 g/mol. The predicted octanol–water partition coefficient (Wildman–Crippen LogP) is 3.68. The third-order valence-corrected chi connectivity index (χ3v) is 3.60. The van der Waals surface area contributed by atoms with Crippen molar-refractivity contribution in [2.24, 2.45) is 5.92 Å². The Balaban J connectivity index is 2.96. The van der Waals surface area contributed by atoms with Gasteiger partial charge in [0.15, 0.2) is 0 Å². The minimum absolute atomic E-state index is 0.584. The van der Waals surface area contributed by atoms with Crippen LogP contribution in [0, 0.1) is 5.92 Å². The molecule has 0 saturated heterocycles. The third kappa shape index (κ3) is 6.25. The number of rotatable bonds is 8. The molecule has 1 rings (SSSR count). The van der Waals surface area contributed by atoms with Crippen LogP contribution in [0.3, 0.4) is 0 Å². The molecule has 4 heteroatoms. The predicted molar refractivity (Wildman–Crippen MR) is 92.2 cm³/mol. The number of nitrogens with one attached hydrogen (secondary N) is 1. The molecule has 0 radical (unpaired) electrons. The number of hydrogen-bond donors (Lipinski definition) is 2. The van der Waals surface area contributed by atoms with Gasteiger partial charge in [0.2, 0.25) is 0 Å². The van der Waals surface area contributed by atoms with Crippen molar-refractivity contribution in [3.8, 4) is 0 Å². The smallest absolute Gasteiger partial charge is 0.0765 e. The van der Waals surface area contributed by atoms with Gasteiger partial charge in [-0.3, -0.25) is 0 Å². The molecule has 0 aliphatic carbocycles. The summed E-state index contributed by atoms with van der Waals surface area (Å²) in [6, 6.07) is 5.97.